The smallest absolute Gasteiger partial charge is 0.133 e. The predicted molar refractivity (Wildman–Crippen MR) is 55.7 cm³/mol. The van der Waals surface area contributed by atoms with E-state index in [1.807, 2.05) is 0 Å². The van der Waals surface area contributed by atoms with Gasteiger partial charge in [-0.2, -0.15) is 0 Å². The molecule has 1 aliphatic carbocycles. The van der Waals surface area contributed by atoms with E-state index in [4.69, 9.17) is 0 Å². The second kappa shape index (κ2) is 5.41. The third kappa shape index (κ3) is 3.13. The van der Waals surface area contributed by atoms with Crippen molar-refractivity contribution in [2.45, 2.75) is 58.8 Å². The largest absolute Gasteiger partial charge is 0.300 e. The summed E-state index contributed by atoms with van der Waals surface area (Å²) >= 11 is 0. The van der Waals surface area contributed by atoms with Gasteiger partial charge in [0.1, 0.15) is 5.78 Å². The van der Waals surface area contributed by atoms with Gasteiger partial charge in [0.25, 0.3) is 0 Å². The van der Waals surface area contributed by atoms with Gasteiger partial charge in [0.15, 0.2) is 0 Å². The Morgan fingerprint density at radius 2 is 1.92 bits per heavy atom. The Bertz CT molecular complexity index is 157. The molecular formula is C12H22O. The van der Waals surface area contributed by atoms with Gasteiger partial charge in [-0.05, 0) is 32.1 Å². The maximum absolute atomic E-state index is 11.4. The second-order valence-electron chi connectivity index (χ2n) is 4.40. The van der Waals surface area contributed by atoms with Gasteiger partial charge in [-0.3, -0.25) is 4.79 Å². The highest BCUT2D eigenvalue weighted by atomic mass is 16.1. The zero-order chi connectivity index (χ0) is 9.68. The summed E-state index contributed by atoms with van der Waals surface area (Å²) in [6, 6.07) is 0. The molecule has 0 aromatic heterocycles. The molecule has 0 amide bonds. The van der Waals surface area contributed by atoms with Crippen molar-refractivity contribution >= 4 is 5.78 Å². The van der Waals surface area contributed by atoms with E-state index in [0.29, 0.717) is 17.6 Å². The van der Waals surface area contributed by atoms with Crippen LogP contribution in [-0.2, 0) is 4.79 Å². The molecule has 76 valence electrons. The summed E-state index contributed by atoms with van der Waals surface area (Å²) in [5.41, 5.74) is 0. The second-order valence-corrected chi connectivity index (χ2v) is 4.40. The zero-order valence-electron chi connectivity index (χ0n) is 9.01. The number of carbonyl (C=O) groups is 1. The molecule has 13 heavy (non-hydrogen) atoms. The summed E-state index contributed by atoms with van der Waals surface area (Å²) in [6.45, 7) is 3.95. The predicted octanol–water partition coefficient (Wildman–Crippen LogP) is 3.57. The van der Waals surface area contributed by atoms with Crippen LogP contribution in [0.1, 0.15) is 58.8 Å². The van der Waals surface area contributed by atoms with Gasteiger partial charge in [-0.1, -0.05) is 32.6 Å². The van der Waals surface area contributed by atoms with E-state index in [1.165, 1.54) is 32.1 Å². The van der Waals surface area contributed by atoms with Crippen molar-refractivity contribution in [3.8, 4) is 0 Å². The van der Waals surface area contributed by atoms with Crippen LogP contribution >= 0.6 is 0 Å². The lowest BCUT2D eigenvalue weighted by molar-refractivity contribution is -0.123. The van der Waals surface area contributed by atoms with Crippen LogP contribution in [0.25, 0.3) is 0 Å². The Kier molecular flexibility index (Phi) is 4.47. The molecule has 0 radical (unpaired) electrons. The van der Waals surface area contributed by atoms with Crippen LogP contribution < -0.4 is 0 Å². The van der Waals surface area contributed by atoms with Crippen molar-refractivity contribution in [3.05, 3.63) is 0 Å². The number of Topliss-reactive ketones (excluding diaryl/α,β-unsaturated/α-hetero) is 1. The van der Waals surface area contributed by atoms with Crippen molar-refractivity contribution in [1.82, 2.24) is 0 Å². The molecule has 0 N–H and O–H groups in total. The van der Waals surface area contributed by atoms with Gasteiger partial charge in [0.2, 0.25) is 0 Å². The Labute approximate surface area is 81.9 Å². The Hall–Kier alpha value is -0.330. The molecule has 0 heterocycles. The summed E-state index contributed by atoms with van der Waals surface area (Å²) in [6.07, 6.45) is 8.93. The van der Waals surface area contributed by atoms with Crippen molar-refractivity contribution in [1.29, 1.82) is 0 Å². The number of ketones is 1. The summed E-state index contributed by atoms with van der Waals surface area (Å²) in [7, 11) is 0. The molecule has 0 saturated heterocycles. The van der Waals surface area contributed by atoms with Crippen LogP contribution in [0.3, 0.4) is 0 Å². The third-order valence-electron chi connectivity index (χ3n) is 3.34. The molecule has 0 aromatic rings. The first kappa shape index (κ1) is 10.7. The summed E-state index contributed by atoms with van der Waals surface area (Å²) in [4.78, 5) is 11.4. The fourth-order valence-electron chi connectivity index (χ4n) is 2.62. The minimum Gasteiger partial charge on any atom is -0.300 e. The lowest BCUT2D eigenvalue weighted by atomic mass is 9.76. The van der Waals surface area contributed by atoms with Crippen molar-refractivity contribution < 1.29 is 4.79 Å². The molecule has 1 aliphatic rings. The number of hydrogen-bond acceptors (Lipinski definition) is 1. The molecule has 1 saturated carbocycles. The van der Waals surface area contributed by atoms with E-state index < -0.39 is 0 Å². The number of carbonyl (C=O) groups excluding carboxylic acids is 1. The quantitative estimate of drug-likeness (QED) is 0.649. The minimum atomic E-state index is 0.380. The van der Waals surface area contributed by atoms with Crippen molar-refractivity contribution in [2.24, 2.45) is 11.8 Å². The molecule has 0 aliphatic heterocycles. The minimum absolute atomic E-state index is 0.380. The van der Waals surface area contributed by atoms with E-state index in [2.05, 4.69) is 6.92 Å². The van der Waals surface area contributed by atoms with Crippen LogP contribution in [-0.4, -0.2) is 5.78 Å². The molecule has 0 bridgehead atoms. The highest BCUT2D eigenvalue weighted by Crippen LogP contribution is 2.32. The number of hydrogen-bond donors (Lipinski definition) is 0. The highest BCUT2D eigenvalue weighted by Gasteiger charge is 2.25. The van der Waals surface area contributed by atoms with Gasteiger partial charge >= 0.3 is 0 Å². The molecule has 1 atom stereocenters. The SMILES string of the molecule is CCCC(C(C)=O)C1CCCCC1. The topological polar surface area (TPSA) is 17.1 Å². The Morgan fingerprint density at radius 1 is 1.31 bits per heavy atom. The van der Waals surface area contributed by atoms with Crippen LogP contribution in [0.2, 0.25) is 0 Å². The van der Waals surface area contributed by atoms with Crippen molar-refractivity contribution in [2.75, 3.05) is 0 Å². The molecule has 1 fully saturated rings. The van der Waals surface area contributed by atoms with Gasteiger partial charge in [0.05, 0.1) is 0 Å². The summed E-state index contributed by atoms with van der Waals surface area (Å²) in [5, 5.41) is 0. The van der Waals surface area contributed by atoms with E-state index in [1.54, 1.807) is 6.92 Å². The van der Waals surface area contributed by atoms with Gasteiger partial charge in [-0.15, -0.1) is 0 Å². The first-order valence-corrected chi connectivity index (χ1v) is 5.76. The van der Waals surface area contributed by atoms with E-state index in [9.17, 15) is 4.79 Å². The summed E-state index contributed by atoms with van der Waals surface area (Å²) < 4.78 is 0. The first-order chi connectivity index (χ1) is 6.25. The highest BCUT2D eigenvalue weighted by molar-refractivity contribution is 5.78. The third-order valence-corrected chi connectivity index (χ3v) is 3.34. The fourth-order valence-corrected chi connectivity index (χ4v) is 2.62. The van der Waals surface area contributed by atoms with Gasteiger partial charge < -0.3 is 0 Å². The van der Waals surface area contributed by atoms with Crippen LogP contribution in [0.15, 0.2) is 0 Å². The Morgan fingerprint density at radius 3 is 2.38 bits per heavy atom. The molecule has 0 spiro atoms. The van der Waals surface area contributed by atoms with E-state index in [-0.39, 0.29) is 0 Å². The molecule has 0 aromatic carbocycles. The fraction of sp³-hybridized carbons (Fsp3) is 0.917. The standard InChI is InChI=1S/C12H22O/c1-3-7-12(10(2)13)11-8-5-4-6-9-11/h11-12H,3-9H2,1-2H3. The molecule has 1 rings (SSSR count). The molecule has 1 nitrogen and oxygen atoms in total. The van der Waals surface area contributed by atoms with Crippen molar-refractivity contribution in [3.63, 3.8) is 0 Å². The Balaban J connectivity index is 2.46. The zero-order valence-corrected chi connectivity index (χ0v) is 9.01. The first-order valence-electron chi connectivity index (χ1n) is 5.76. The molecule has 1 unspecified atom stereocenters. The van der Waals surface area contributed by atoms with Crippen LogP contribution in [0.4, 0.5) is 0 Å². The van der Waals surface area contributed by atoms with Gasteiger partial charge in [-0.25, -0.2) is 0 Å². The molecular weight excluding hydrogens is 160 g/mol. The lowest BCUT2D eigenvalue weighted by Crippen LogP contribution is -2.23. The summed E-state index contributed by atoms with van der Waals surface area (Å²) in [5.74, 6) is 1.52. The van der Waals surface area contributed by atoms with E-state index >= 15 is 0 Å². The maximum atomic E-state index is 11.4. The lowest BCUT2D eigenvalue weighted by Gasteiger charge is -2.28. The molecule has 1 heteroatoms. The van der Waals surface area contributed by atoms with Gasteiger partial charge in [0, 0.05) is 5.92 Å². The van der Waals surface area contributed by atoms with Crippen LogP contribution in [0, 0.1) is 11.8 Å². The van der Waals surface area contributed by atoms with Crippen LogP contribution in [0.5, 0.6) is 0 Å². The monoisotopic (exact) mass is 182 g/mol. The normalized spacial score (nSPS) is 21.4. The van der Waals surface area contributed by atoms with E-state index in [0.717, 1.165) is 12.8 Å². The number of rotatable bonds is 4. The average Bonchev–Trinajstić information content (AvgIpc) is 2.15. The maximum Gasteiger partial charge on any atom is 0.133 e. The average molecular weight is 182 g/mol.